The molecule has 1 rings (SSSR count). The van der Waals surface area contributed by atoms with Crippen LogP contribution in [-0.4, -0.2) is 14.2 Å². The molecular weight excluding hydrogens is 228 g/mol. The highest BCUT2D eigenvalue weighted by atomic mass is 79.9. The van der Waals surface area contributed by atoms with Crippen molar-refractivity contribution in [2.45, 2.75) is 19.8 Å². The third-order valence-corrected chi connectivity index (χ3v) is 2.01. The van der Waals surface area contributed by atoms with Crippen LogP contribution in [0.4, 0.5) is 0 Å². The molecule has 0 spiro atoms. The van der Waals surface area contributed by atoms with Crippen molar-refractivity contribution < 1.29 is 4.74 Å². The van der Waals surface area contributed by atoms with E-state index in [4.69, 9.17) is 0 Å². The van der Waals surface area contributed by atoms with Gasteiger partial charge in [-0.3, -0.25) is 0 Å². The van der Waals surface area contributed by atoms with E-state index in [2.05, 4.69) is 52.7 Å². The Bertz CT molecular complexity index is 233. The highest BCUT2D eigenvalue weighted by Crippen LogP contribution is 2.18. The van der Waals surface area contributed by atoms with Gasteiger partial charge in [0.25, 0.3) is 0 Å². The van der Waals surface area contributed by atoms with Gasteiger partial charge < -0.3 is 4.74 Å². The molecule has 0 atom stereocenters. The summed E-state index contributed by atoms with van der Waals surface area (Å²) in [5.41, 5.74) is 1.38. The Morgan fingerprint density at radius 2 is 1.77 bits per heavy atom. The summed E-state index contributed by atoms with van der Waals surface area (Å²) < 4.78 is 5.42. The fraction of sp³-hybridized carbons (Fsp3) is 0.455. The Balaban J connectivity index is 0.000000424. The van der Waals surface area contributed by atoms with Crippen molar-refractivity contribution in [2.75, 3.05) is 14.2 Å². The Hall–Kier alpha value is -0.340. The van der Waals surface area contributed by atoms with E-state index >= 15 is 0 Å². The summed E-state index contributed by atoms with van der Waals surface area (Å²) in [5.74, 6) is 0.623. The highest BCUT2D eigenvalue weighted by Gasteiger charge is 1.96. The van der Waals surface area contributed by atoms with Gasteiger partial charge in [-0.25, -0.2) is 0 Å². The maximum absolute atomic E-state index is 4.25. The normalized spacial score (nSPS) is 9.38. The van der Waals surface area contributed by atoms with E-state index in [0.29, 0.717) is 5.92 Å². The van der Waals surface area contributed by atoms with E-state index in [1.54, 1.807) is 14.2 Å². The molecule has 0 saturated heterocycles. The number of methoxy groups -OCH3 is 1. The number of ether oxygens (including phenoxy) is 1. The van der Waals surface area contributed by atoms with Crippen LogP contribution in [0.3, 0.4) is 0 Å². The summed E-state index contributed by atoms with van der Waals surface area (Å²) in [6.45, 7) is 4.39. The number of halogens is 1. The summed E-state index contributed by atoms with van der Waals surface area (Å²) in [7, 11) is 3.25. The molecule has 0 aliphatic heterocycles. The van der Waals surface area contributed by atoms with E-state index in [0.717, 1.165) is 0 Å². The first-order chi connectivity index (χ1) is 6.11. The Kier molecular flexibility index (Phi) is 6.92. The van der Waals surface area contributed by atoms with E-state index in [9.17, 15) is 0 Å². The third-order valence-electron chi connectivity index (χ3n) is 1.52. The van der Waals surface area contributed by atoms with E-state index < -0.39 is 0 Å². The minimum absolute atomic E-state index is 0.623. The zero-order valence-corrected chi connectivity index (χ0v) is 10.3. The first kappa shape index (κ1) is 12.7. The van der Waals surface area contributed by atoms with Gasteiger partial charge in [-0.05, 0) is 23.6 Å². The molecule has 0 aromatic heterocycles. The first-order valence-corrected chi connectivity index (χ1v) is 5.06. The Morgan fingerprint density at radius 1 is 1.23 bits per heavy atom. The molecule has 1 nitrogen and oxygen atoms in total. The molecule has 74 valence electrons. The van der Waals surface area contributed by atoms with Crippen LogP contribution < -0.4 is 0 Å². The van der Waals surface area contributed by atoms with Crippen LogP contribution in [0.5, 0.6) is 0 Å². The van der Waals surface area contributed by atoms with Gasteiger partial charge in [0.2, 0.25) is 0 Å². The monoisotopic (exact) mass is 244 g/mol. The minimum Gasteiger partial charge on any atom is -0.388 e. The molecule has 1 aromatic carbocycles. The van der Waals surface area contributed by atoms with Crippen LogP contribution >= 0.6 is 15.9 Å². The Labute approximate surface area is 89.2 Å². The molecule has 0 fully saturated rings. The molecule has 2 heteroatoms. The second kappa shape index (κ2) is 7.10. The van der Waals surface area contributed by atoms with Crippen LogP contribution in [0.1, 0.15) is 25.3 Å². The van der Waals surface area contributed by atoms with Gasteiger partial charge in [-0.1, -0.05) is 41.9 Å². The largest absolute Gasteiger partial charge is 0.388 e. The number of hydrogen-bond acceptors (Lipinski definition) is 1. The van der Waals surface area contributed by atoms with Crippen LogP contribution in [0, 0.1) is 0 Å². The van der Waals surface area contributed by atoms with Crippen LogP contribution in [0.25, 0.3) is 0 Å². The smallest absolute Gasteiger partial charge is 0.0351 e. The number of benzene rings is 1. The summed E-state index contributed by atoms with van der Waals surface area (Å²) in [4.78, 5) is 0. The van der Waals surface area contributed by atoms with Crippen LogP contribution in [-0.2, 0) is 4.74 Å². The lowest BCUT2D eigenvalue weighted by atomic mass is 10.0. The minimum atomic E-state index is 0.623. The van der Waals surface area contributed by atoms with Gasteiger partial charge in [0.15, 0.2) is 0 Å². The second-order valence-electron chi connectivity index (χ2n) is 3.12. The average Bonchev–Trinajstić information content (AvgIpc) is 2.05. The maximum atomic E-state index is 4.25. The van der Waals surface area contributed by atoms with Crippen molar-refractivity contribution >= 4 is 15.9 Å². The lowest BCUT2D eigenvalue weighted by molar-refractivity contribution is 0.277. The highest BCUT2D eigenvalue weighted by molar-refractivity contribution is 9.10. The standard InChI is InChI=1S/C9H11Br.C2H6O/c1-7(2)8-4-3-5-9(10)6-8;1-3-2/h3-7H,1-2H3;1-2H3. The van der Waals surface area contributed by atoms with Gasteiger partial charge in [0.1, 0.15) is 0 Å². The third kappa shape index (κ3) is 5.83. The molecule has 0 aliphatic rings. The topological polar surface area (TPSA) is 9.23 Å². The molecule has 0 N–H and O–H groups in total. The van der Waals surface area contributed by atoms with Crippen molar-refractivity contribution in [3.8, 4) is 0 Å². The number of rotatable bonds is 1. The van der Waals surface area contributed by atoms with E-state index in [1.807, 2.05) is 6.07 Å². The fourth-order valence-electron chi connectivity index (χ4n) is 0.866. The predicted molar refractivity (Wildman–Crippen MR) is 61.2 cm³/mol. The quantitative estimate of drug-likeness (QED) is 0.730. The molecule has 0 aliphatic carbocycles. The Morgan fingerprint density at radius 3 is 2.08 bits per heavy atom. The van der Waals surface area contributed by atoms with Gasteiger partial charge in [-0.2, -0.15) is 0 Å². The van der Waals surface area contributed by atoms with Gasteiger partial charge in [0, 0.05) is 18.7 Å². The van der Waals surface area contributed by atoms with E-state index in [-0.39, 0.29) is 0 Å². The van der Waals surface area contributed by atoms with Crippen LogP contribution in [0.15, 0.2) is 28.7 Å². The predicted octanol–water partition coefficient (Wildman–Crippen LogP) is 3.84. The molecule has 0 amide bonds. The van der Waals surface area contributed by atoms with Crippen molar-refractivity contribution in [1.29, 1.82) is 0 Å². The molecule has 0 unspecified atom stereocenters. The van der Waals surface area contributed by atoms with Gasteiger partial charge in [-0.15, -0.1) is 0 Å². The van der Waals surface area contributed by atoms with Crippen molar-refractivity contribution in [2.24, 2.45) is 0 Å². The summed E-state index contributed by atoms with van der Waals surface area (Å²) in [6.07, 6.45) is 0. The molecule has 0 saturated carbocycles. The lowest BCUT2D eigenvalue weighted by Gasteiger charge is -2.03. The summed E-state index contributed by atoms with van der Waals surface area (Å²) >= 11 is 3.43. The van der Waals surface area contributed by atoms with Crippen molar-refractivity contribution in [3.05, 3.63) is 34.3 Å². The lowest BCUT2D eigenvalue weighted by Crippen LogP contribution is -1.84. The van der Waals surface area contributed by atoms with Gasteiger partial charge >= 0.3 is 0 Å². The zero-order chi connectivity index (χ0) is 10.3. The van der Waals surface area contributed by atoms with Gasteiger partial charge in [0.05, 0.1) is 0 Å². The molecule has 0 heterocycles. The number of hydrogen-bond donors (Lipinski definition) is 0. The molecular formula is C11H17BrO. The zero-order valence-electron chi connectivity index (χ0n) is 8.67. The molecule has 13 heavy (non-hydrogen) atoms. The molecule has 0 radical (unpaired) electrons. The second-order valence-corrected chi connectivity index (χ2v) is 4.03. The summed E-state index contributed by atoms with van der Waals surface area (Å²) in [5, 5.41) is 0. The SMILES string of the molecule is CC(C)c1cccc(Br)c1.COC. The summed E-state index contributed by atoms with van der Waals surface area (Å²) in [6, 6.07) is 8.42. The van der Waals surface area contributed by atoms with Crippen LogP contribution in [0.2, 0.25) is 0 Å². The van der Waals surface area contributed by atoms with Crippen molar-refractivity contribution in [3.63, 3.8) is 0 Å². The molecule has 1 aromatic rings. The van der Waals surface area contributed by atoms with E-state index in [1.165, 1.54) is 10.0 Å². The molecule has 0 bridgehead atoms. The first-order valence-electron chi connectivity index (χ1n) is 4.27. The average molecular weight is 245 g/mol. The maximum Gasteiger partial charge on any atom is 0.0351 e. The fourth-order valence-corrected chi connectivity index (χ4v) is 1.28. The van der Waals surface area contributed by atoms with Crippen molar-refractivity contribution in [1.82, 2.24) is 0 Å².